The maximum atomic E-state index is 11.8. The van der Waals surface area contributed by atoms with Crippen molar-refractivity contribution < 1.29 is 9.59 Å². The number of nitrogens with zero attached hydrogens (tertiary/aromatic N) is 2. The fourth-order valence-corrected chi connectivity index (χ4v) is 1.61. The van der Waals surface area contributed by atoms with Crippen LogP contribution in [0.1, 0.15) is 20.3 Å². The van der Waals surface area contributed by atoms with Crippen LogP contribution >= 0.6 is 11.6 Å². The number of alkyl halides is 1. The van der Waals surface area contributed by atoms with Gasteiger partial charge >= 0.3 is 6.03 Å². The summed E-state index contributed by atoms with van der Waals surface area (Å²) in [6, 6.07) is -0.336. The molecule has 1 fully saturated rings. The minimum absolute atomic E-state index is 0.177. The van der Waals surface area contributed by atoms with Crippen molar-refractivity contribution >= 4 is 23.5 Å². The lowest BCUT2D eigenvalue weighted by molar-refractivity contribution is -0.130. The fourth-order valence-electron chi connectivity index (χ4n) is 1.51. The standard InChI is InChI=1S/C10H18ClN3O2/c1-10(2)8(15)14(9(16)12-10)6-5-7(11)13(3)4/h7H,5-6H2,1-4H3,(H,12,16). The minimum Gasteiger partial charge on any atom is -0.324 e. The summed E-state index contributed by atoms with van der Waals surface area (Å²) in [5, 5.41) is 2.63. The molecule has 6 heteroatoms. The highest BCUT2D eigenvalue weighted by Crippen LogP contribution is 2.18. The molecule has 0 aromatic rings. The van der Waals surface area contributed by atoms with Crippen molar-refractivity contribution in [1.29, 1.82) is 0 Å². The van der Waals surface area contributed by atoms with Crippen LogP contribution < -0.4 is 5.32 Å². The van der Waals surface area contributed by atoms with E-state index in [0.29, 0.717) is 13.0 Å². The van der Waals surface area contributed by atoms with Gasteiger partial charge in [0.25, 0.3) is 5.91 Å². The first kappa shape index (κ1) is 13.3. The SMILES string of the molecule is CN(C)C(Cl)CCN1C(=O)NC(C)(C)C1=O. The summed E-state index contributed by atoms with van der Waals surface area (Å²) >= 11 is 6.02. The Morgan fingerprint density at radius 3 is 2.38 bits per heavy atom. The zero-order valence-corrected chi connectivity index (χ0v) is 10.8. The fraction of sp³-hybridized carbons (Fsp3) is 0.800. The number of carbonyl (C=O) groups is 2. The van der Waals surface area contributed by atoms with Crippen LogP contribution in [0.4, 0.5) is 4.79 Å². The van der Waals surface area contributed by atoms with E-state index >= 15 is 0 Å². The first-order chi connectivity index (χ1) is 7.25. The molecule has 1 unspecified atom stereocenters. The Balaban J connectivity index is 2.56. The van der Waals surface area contributed by atoms with Crippen molar-refractivity contribution in [2.45, 2.75) is 31.3 Å². The van der Waals surface area contributed by atoms with Gasteiger partial charge in [-0.3, -0.25) is 14.6 Å². The lowest BCUT2D eigenvalue weighted by atomic mass is 10.1. The molecular weight excluding hydrogens is 230 g/mol. The average molecular weight is 248 g/mol. The molecule has 1 atom stereocenters. The summed E-state index contributed by atoms with van der Waals surface area (Å²) in [5.41, 5.74) is -0.971. The van der Waals surface area contributed by atoms with Crippen molar-refractivity contribution in [2.75, 3.05) is 20.6 Å². The Morgan fingerprint density at radius 2 is 2.00 bits per heavy atom. The Bertz CT molecular complexity index is 304. The van der Waals surface area contributed by atoms with E-state index in [1.54, 1.807) is 13.8 Å². The summed E-state index contributed by atoms with van der Waals surface area (Å²) in [6.45, 7) is 3.73. The molecule has 1 rings (SSSR count). The maximum absolute atomic E-state index is 11.8. The molecule has 1 aliphatic heterocycles. The third-order valence-corrected chi connectivity index (χ3v) is 3.20. The van der Waals surface area contributed by atoms with Crippen molar-refractivity contribution in [3.63, 3.8) is 0 Å². The molecule has 0 bridgehead atoms. The number of nitrogens with one attached hydrogen (secondary N) is 1. The molecule has 0 aromatic carbocycles. The summed E-state index contributed by atoms with van der Waals surface area (Å²) in [5.74, 6) is -0.194. The van der Waals surface area contributed by atoms with Crippen LogP contribution in [0.2, 0.25) is 0 Å². The molecule has 1 saturated heterocycles. The van der Waals surface area contributed by atoms with E-state index in [0.717, 1.165) is 0 Å². The molecule has 16 heavy (non-hydrogen) atoms. The lowest BCUT2D eigenvalue weighted by Crippen LogP contribution is -2.40. The highest BCUT2D eigenvalue weighted by atomic mass is 35.5. The molecular formula is C10H18ClN3O2. The van der Waals surface area contributed by atoms with Gasteiger partial charge in [0.05, 0.1) is 5.50 Å². The van der Waals surface area contributed by atoms with Gasteiger partial charge in [0.2, 0.25) is 0 Å². The van der Waals surface area contributed by atoms with Gasteiger partial charge in [0, 0.05) is 6.54 Å². The van der Waals surface area contributed by atoms with Crippen molar-refractivity contribution in [2.24, 2.45) is 0 Å². The quantitative estimate of drug-likeness (QED) is 0.455. The van der Waals surface area contributed by atoms with Crippen molar-refractivity contribution in [1.82, 2.24) is 15.1 Å². The molecule has 3 amide bonds. The topological polar surface area (TPSA) is 52.6 Å². The molecule has 0 aliphatic carbocycles. The molecule has 92 valence electrons. The third-order valence-electron chi connectivity index (χ3n) is 2.60. The molecule has 1 aliphatic rings. The zero-order valence-electron chi connectivity index (χ0n) is 10.1. The third kappa shape index (κ3) is 2.65. The van der Waals surface area contributed by atoms with E-state index in [2.05, 4.69) is 5.32 Å². The Hall–Kier alpha value is -0.810. The van der Waals surface area contributed by atoms with E-state index in [1.165, 1.54) is 4.90 Å². The van der Waals surface area contributed by atoms with Gasteiger partial charge in [-0.1, -0.05) is 0 Å². The van der Waals surface area contributed by atoms with E-state index < -0.39 is 5.54 Å². The number of urea groups is 1. The van der Waals surface area contributed by atoms with Crippen LogP contribution in [-0.4, -0.2) is 53.4 Å². The summed E-state index contributed by atoms with van der Waals surface area (Å²) in [7, 11) is 3.71. The molecule has 0 aromatic heterocycles. The minimum atomic E-state index is -0.795. The van der Waals surface area contributed by atoms with Gasteiger partial charge in [-0.2, -0.15) is 0 Å². The molecule has 1 N–H and O–H groups in total. The van der Waals surface area contributed by atoms with E-state index in [9.17, 15) is 9.59 Å². The van der Waals surface area contributed by atoms with Crippen LogP contribution in [-0.2, 0) is 4.79 Å². The summed E-state index contributed by atoms with van der Waals surface area (Å²) in [6.07, 6.45) is 0.559. The molecule has 0 radical (unpaired) electrons. The highest BCUT2D eigenvalue weighted by molar-refractivity contribution is 6.20. The second kappa shape index (κ2) is 4.59. The highest BCUT2D eigenvalue weighted by Gasteiger charge is 2.43. The summed E-state index contributed by atoms with van der Waals surface area (Å²) < 4.78 is 0. The molecule has 0 spiro atoms. The van der Waals surface area contributed by atoms with Gasteiger partial charge in [-0.15, -0.1) is 11.6 Å². The van der Waals surface area contributed by atoms with Gasteiger partial charge in [-0.25, -0.2) is 4.79 Å². The smallest absolute Gasteiger partial charge is 0.324 e. The normalized spacial score (nSPS) is 21.5. The number of halogens is 1. The number of hydrogen-bond donors (Lipinski definition) is 1. The first-order valence-electron chi connectivity index (χ1n) is 5.20. The largest absolute Gasteiger partial charge is 0.325 e. The monoisotopic (exact) mass is 247 g/mol. The van der Waals surface area contributed by atoms with E-state index in [1.807, 2.05) is 19.0 Å². The first-order valence-corrected chi connectivity index (χ1v) is 5.64. The van der Waals surface area contributed by atoms with E-state index in [4.69, 9.17) is 11.6 Å². The van der Waals surface area contributed by atoms with Gasteiger partial charge in [0.1, 0.15) is 5.54 Å². The second-order valence-corrected chi connectivity index (χ2v) is 5.20. The Kier molecular flexibility index (Phi) is 3.80. The van der Waals surface area contributed by atoms with Crippen molar-refractivity contribution in [3.05, 3.63) is 0 Å². The van der Waals surface area contributed by atoms with Crippen LogP contribution in [0, 0.1) is 0 Å². The predicted molar refractivity (Wildman–Crippen MR) is 62.3 cm³/mol. The predicted octanol–water partition coefficient (Wildman–Crippen LogP) is 0.833. The number of imide groups is 1. The Labute approximate surface area is 101 Å². The number of amides is 3. The van der Waals surface area contributed by atoms with E-state index in [-0.39, 0.29) is 17.4 Å². The average Bonchev–Trinajstić information content (AvgIpc) is 2.34. The number of hydrogen-bond acceptors (Lipinski definition) is 3. The molecule has 5 nitrogen and oxygen atoms in total. The summed E-state index contributed by atoms with van der Waals surface area (Å²) in [4.78, 5) is 26.4. The van der Waals surface area contributed by atoms with Crippen molar-refractivity contribution in [3.8, 4) is 0 Å². The zero-order chi connectivity index (χ0) is 12.5. The Morgan fingerprint density at radius 1 is 1.44 bits per heavy atom. The van der Waals surface area contributed by atoms with Crippen LogP contribution in [0.25, 0.3) is 0 Å². The van der Waals surface area contributed by atoms with Gasteiger partial charge in [-0.05, 0) is 34.4 Å². The maximum Gasteiger partial charge on any atom is 0.325 e. The lowest BCUT2D eigenvalue weighted by Gasteiger charge is -2.20. The van der Waals surface area contributed by atoms with Gasteiger partial charge in [0.15, 0.2) is 0 Å². The number of carbonyl (C=O) groups excluding carboxylic acids is 2. The van der Waals surface area contributed by atoms with Crippen LogP contribution in [0.3, 0.4) is 0 Å². The van der Waals surface area contributed by atoms with Crippen LogP contribution in [0.5, 0.6) is 0 Å². The molecule has 1 heterocycles. The van der Waals surface area contributed by atoms with Crippen LogP contribution in [0.15, 0.2) is 0 Å². The number of rotatable bonds is 4. The second-order valence-electron chi connectivity index (χ2n) is 4.70. The van der Waals surface area contributed by atoms with Gasteiger partial charge < -0.3 is 5.32 Å². The molecule has 0 saturated carbocycles.